The van der Waals surface area contributed by atoms with E-state index in [0.29, 0.717) is 64.7 Å². The van der Waals surface area contributed by atoms with Crippen molar-refractivity contribution in [1.29, 1.82) is 0 Å². The highest BCUT2D eigenvalue weighted by molar-refractivity contribution is 5.75. The van der Waals surface area contributed by atoms with E-state index in [9.17, 15) is 4.79 Å². The average molecular weight is 419 g/mol. The van der Waals surface area contributed by atoms with E-state index in [4.69, 9.17) is 18.9 Å². The smallest absolute Gasteiger partial charge is 0.222 e. The van der Waals surface area contributed by atoms with Crippen LogP contribution < -0.4 is 10.6 Å². The van der Waals surface area contributed by atoms with Crippen LogP contribution in [0.1, 0.15) is 60.8 Å². The summed E-state index contributed by atoms with van der Waals surface area (Å²) in [7, 11) is 0. The number of nitrogens with one attached hydrogen (secondary N) is 2. The molecule has 0 atom stereocenters. The lowest BCUT2D eigenvalue weighted by Gasteiger charge is -2.20. The highest BCUT2D eigenvalue weighted by Crippen LogP contribution is 2.19. The predicted octanol–water partition coefficient (Wildman–Crippen LogP) is 2.77. The molecule has 174 valence electrons. The fraction of sp³-hybridized carbons (Fsp3) is 0.955. The fourth-order valence-electron chi connectivity index (χ4n) is 2.36. The number of amides is 1. The molecule has 0 aromatic carbocycles. The number of rotatable bonds is 18. The van der Waals surface area contributed by atoms with E-state index in [1.54, 1.807) is 0 Å². The van der Waals surface area contributed by atoms with E-state index in [-0.39, 0.29) is 11.4 Å². The van der Waals surface area contributed by atoms with Crippen LogP contribution in [-0.4, -0.2) is 77.4 Å². The minimum atomic E-state index is 0.0460. The maximum absolute atomic E-state index is 11.7. The fourth-order valence-corrected chi connectivity index (χ4v) is 2.36. The largest absolute Gasteiger partial charge is 0.379 e. The van der Waals surface area contributed by atoms with E-state index in [1.165, 1.54) is 0 Å². The van der Waals surface area contributed by atoms with Gasteiger partial charge in [0.1, 0.15) is 0 Å². The molecule has 7 heteroatoms. The van der Waals surface area contributed by atoms with Gasteiger partial charge in [-0.3, -0.25) is 4.79 Å². The molecular formula is C22H46N2O5. The lowest BCUT2D eigenvalue weighted by Crippen LogP contribution is -2.38. The summed E-state index contributed by atoms with van der Waals surface area (Å²) in [5, 5.41) is 6.29. The molecule has 0 aromatic rings. The van der Waals surface area contributed by atoms with Gasteiger partial charge in [0.2, 0.25) is 5.91 Å². The van der Waals surface area contributed by atoms with E-state index < -0.39 is 0 Å². The third-order valence-corrected chi connectivity index (χ3v) is 3.92. The summed E-state index contributed by atoms with van der Waals surface area (Å²) in [6.07, 6.45) is 2.50. The lowest BCUT2D eigenvalue weighted by molar-refractivity contribution is -0.122. The van der Waals surface area contributed by atoms with Crippen molar-refractivity contribution in [3.63, 3.8) is 0 Å². The Kier molecular flexibility index (Phi) is 16.6. The van der Waals surface area contributed by atoms with Gasteiger partial charge in [0, 0.05) is 25.0 Å². The highest BCUT2D eigenvalue weighted by atomic mass is 16.6. The Morgan fingerprint density at radius 1 is 0.690 bits per heavy atom. The SMILES string of the molecule is CC(C)(C)CCCNC(=O)CCOCCOCCOCCOCCNC(C)(C)C. The Balaban J connectivity index is 3.21. The van der Waals surface area contributed by atoms with E-state index in [0.717, 1.165) is 25.9 Å². The van der Waals surface area contributed by atoms with Gasteiger partial charge in [-0.05, 0) is 39.0 Å². The monoisotopic (exact) mass is 418 g/mol. The molecule has 0 unspecified atom stereocenters. The van der Waals surface area contributed by atoms with Gasteiger partial charge in [0.05, 0.1) is 52.9 Å². The summed E-state index contributed by atoms with van der Waals surface area (Å²) < 4.78 is 21.8. The third kappa shape index (κ3) is 25.2. The number of hydrogen-bond donors (Lipinski definition) is 2. The number of hydrogen-bond acceptors (Lipinski definition) is 6. The standard InChI is InChI=1S/C22H46N2O5/c1-21(2,3)9-7-10-23-20(25)8-12-26-14-16-28-18-19-29-17-15-27-13-11-24-22(4,5)6/h24H,7-19H2,1-6H3,(H,23,25). The maximum Gasteiger partial charge on any atom is 0.222 e. The molecule has 0 radical (unpaired) electrons. The number of carbonyl (C=O) groups excluding carboxylic acids is 1. The molecule has 0 rings (SSSR count). The zero-order valence-electron chi connectivity index (χ0n) is 19.7. The van der Waals surface area contributed by atoms with Crippen molar-refractivity contribution in [2.45, 2.75) is 66.3 Å². The molecule has 0 bridgehead atoms. The van der Waals surface area contributed by atoms with Crippen LogP contribution in [0.25, 0.3) is 0 Å². The normalized spacial score (nSPS) is 12.3. The molecule has 0 heterocycles. The molecule has 0 aliphatic carbocycles. The van der Waals surface area contributed by atoms with Crippen LogP contribution in [0.2, 0.25) is 0 Å². The average Bonchev–Trinajstić information content (AvgIpc) is 2.60. The second-order valence-corrected chi connectivity index (χ2v) is 9.39. The van der Waals surface area contributed by atoms with Crippen LogP contribution in [0.5, 0.6) is 0 Å². The summed E-state index contributed by atoms with van der Waals surface area (Å²) in [6, 6.07) is 0. The van der Waals surface area contributed by atoms with Gasteiger partial charge in [-0.1, -0.05) is 20.8 Å². The third-order valence-electron chi connectivity index (χ3n) is 3.92. The topological polar surface area (TPSA) is 78.1 Å². The second kappa shape index (κ2) is 17.0. The zero-order valence-corrected chi connectivity index (χ0v) is 19.7. The van der Waals surface area contributed by atoms with E-state index in [2.05, 4.69) is 52.2 Å². The minimum absolute atomic E-state index is 0.0460. The zero-order chi connectivity index (χ0) is 22.0. The molecule has 0 fully saturated rings. The van der Waals surface area contributed by atoms with Gasteiger partial charge in [-0.15, -0.1) is 0 Å². The van der Waals surface area contributed by atoms with Crippen molar-refractivity contribution in [2.24, 2.45) is 5.41 Å². The Labute approximate surface area is 178 Å². The van der Waals surface area contributed by atoms with Gasteiger partial charge in [-0.2, -0.15) is 0 Å². The Bertz CT molecular complexity index is 392. The predicted molar refractivity (Wildman–Crippen MR) is 117 cm³/mol. The molecule has 0 aliphatic heterocycles. The maximum atomic E-state index is 11.7. The second-order valence-electron chi connectivity index (χ2n) is 9.39. The number of carbonyl (C=O) groups is 1. The van der Waals surface area contributed by atoms with Crippen molar-refractivity contribution in [3.05, 3.63) is 0 Å². The van der Waals surface area contributed by atoms with Crippen molar-refractivity contribution >= 4 is 5.91 Å². The summed E-state index contributed by atoms with van der Waals surface area (Å²) in [4.78, 5) is 11.7. The first kappa shape index (κ1) is 28.3. The molecule has 0 spiro atoms. The van der Waals surface area contributed by atoms with E-state index in [1.807, 2.05) is 0 Å². The summed E-state index contributed by atoms with van der Waals surface area (Å²) in [5.41, 5.74) is 0.440. The van der Waals surface area contributed by atoms with Crippen molar-refractivity contribution in [1.82, 2.24) is 10.6 Å². The molecule has 7 nitrogen and oxygen atoms in total. The van der Waals surface area contributed by atoms with Crippen LogP contribution in [0.4, 0.5) is 0 Å². The molecule has 2 N–H and O–H groups in total. The molecule has 0 saturated carbocycles. The first-order valence-corrected chi connectivity index (χ1v) is 10.9. The Morgan fingerprint density at radius 2 is 1.17 bits per heavy atom. The van der Waals surface area contributed by atoms with E-state index >= 15 is 0 Å². The van der Waals surface area contributed by atoms with Gasteiger partial charge in [0.25, 0.3) is 0 Å². The van der Waals surface area contributed by atoms with Gasteiger partial charge >= 0.3 is 0 Å². The summed E-state index contributed by atoms with van der Waals surface area (Å²) in [6.45, 7) is 18.9. The summed E-state index contributed by atoms with van der Waals surface area (Å²) in [5.74, 6) is 0.0460. The van der Waals surface area contributed by atoms with Gasteiger partial charge in [-0.25, -0.2) is 0 Å². The Hall–Kier alpha value is -0.730. The first-order chi connectivity index (χ1) is 13.6. The van der Waals surface area contributed by atoms with Crippen molar-refractivity contribution in [2.75, 3.05) is 65.9 Å². The molecule has 0 aromatic heterocycles. The molecule has 29 heavy (non-hydrogen) atoms. The Morgan fingerprint density at radius 3 is 1.66 bits per heavy atom. The van der Waals surface area contributed by atoms with Gasteiger partial charge in [0.15, 0.2) is 0 Å². The molecule has 0 saturated heterocycles. The van der Waals surface area contributed by atoms with Crippen molar-refractivity contribution in [3.8, 4) is 0 Å². The van der Waals surface area contributed by atoms with Crippen LogP contribution in [0.3, 0.4) is 0 Å². The van der Waals surface area contributed by atoms with Gasteiger partial charge < -0.3 is 29.6 Å². The van der Waals surface area contributed by atoms with Crippen molar-refractivity contribution < 1.29 is 23.7 Å². The highest BCUT2D eigenvalue weighted by Gasteiger charge is 2.09. The quantitative estimate of drug-likeness (QED) is 0.333. The van der Waals surface area contributed by atoms with Crippen LogP contribution in [0, 0.1) is 5.41 Å². The summed E-state index contributed by atoms with van der Waals surface area (Å²) >= 11 is 0. The van der Waals surface area contributed by atoms with Crippen LogP contribution in [-0.2, 0) is 23.7 Å². The van der Waals surface area contributed by atoms with Crippen LogP contribution >= 0.6 is 0 Å². The number of ether oxygens (including phenoxy) is 4. The van der Waals surface area contributed by atoms with Crippen LogP contribution in [0.15, 0.2) is 0 Å². The minimum Gasteiger partial charge on any atom is -0.379 e. The molecular weight excluding hydrogens is 372 g/mol. The lowest BCUT2D eigenvalue weighted by atomic mass is 9.91. The molecule has 0 aliphatic rings. The molecule has 1 amide bonds. The first-order valence-electron chi connectivity index (χ1n) is 10.9.